The third kappa shape index (κ3) is 6.95. The zero-order chi connectivity index (χ0) is 15.9. The summed E-state index contributed by atoms with van der Waals surface area (Å²) in [7, 11) is 0. The van der Waals surface area contributed by atoms with Gasteiger partial charge in [-0.3, -0.25) is 9.59 Å². The summed E-state index contributed by atoms with van der Waals surface area (Å²) in [6, 6.07) is 3.21. The molecule has 126 valence electrons. The quantitative estimate of drug-likeness (QED) is 0.675. The molecule has 0 aliphatic carbocycles. The summed E-state index contributed by atoms with van der Waals surface area (Å²) in [4.78, 5) is 23.5. The van der Waals surface area contributed by atoms with Crippen LogP contribution in [0.15, 0.2) is 22.8 Å². The zero-order valence-corrected chi connectivity index (χ0v) is 14.2. The zero-order valence-electron chi connectivity index (χ0n) is 13.3. The monoisotopic (exact) mass is 331 g/mol. The Bertz CT molecular complexity index is 463. The van der Waals surface area contributed by atoms with Crippen molar-refractivity contribution in [3.05, 3.63) is 24.2 Å². The Morgan fingerprint density at radius 2 is 2.09 bits per heavy atom. The standard InChI is InChI=1S/C15H25N3O3.ClH/c1-11(2)9-15(3,10-16)18-13(19)6-7-17-14(20)12-5-4-8-21-12;/h4-5,8,11H,6-7,9-10,16H2,1-3H3,(H,17,20)(H,18,19);1H. The third-order valence-electron chi connectivity index (χ3n) is 3.13. The number of hydrogen-bond donors (Lipinski definition) is 3. The van der Waals surface area contributed by atoms with Crippen LogP contribution >= 0.6 is 12.4 Å². The van der Waals surface area contributed by atoms with Crippen molar-refractivity contribution in [1.82, 2.24) is 10.6 Å². The molecule has 1 rings (SSSR count). The number of carbonyl (C=O) groups excluding carboxylic acids is 2. The maximum Gasteiger partial charge on any atom is 0.286 e. The molecule has 2 amide bonds. The molecular formula is C15H26ClN3O3. The topological polar surface area (TPSA) is 97.4 Å². The molecule has 0 bridgehead atoms. The summed E-state index contributed by atoms with van der Waals surface area (Å²) < 4.78 is 4.97. The molecule has 0 aliphatic rings. The van der Waals surface area contributed by atoms with Crippen molar-refractivity contribution >= 4 is 24.2 Å². The van der Waals surface area contributed by atoms with E-state index in [4.69, 9.17) is 10.2 Å². The second-order valence-electron chi connectivity index (χ2n) is 5.89. The van der Waals surface area contributed by atoms with E-state index in [1.165, 1.54) is 6.26 Å². The van der Waals surface area contributed by atoms with Gasteiger partial charge in [0.2, 0.25) is 5.91 Å². The lowest BCUT2D eigenvalue weighted by atomic mass is 9.90. The fourth-order valence-electron chi connectivity index (χ4n) is 2.27. The van der Waals surface area contributed by atoms with Crippen molar-refractivity contribution in [3.63, 3.8) is 0 Å². The van der Waals surface area contributed by atoms with Crippen LogP contribution in [0.3, 0.4) is 0 Å². The van der Waals surface area contributed by atoms with E-state index >= 15 is 0 Å². The van der Waals surface area contributed by atoms with Gasteiger partial charge in [0.1, 0.15) is 0 Å². The van der Waals surface area contributed by atoms with E-state index in [-0.39, 0.29) is 42.9 Å². The highest BCUT2D eigenvalue weighted by molar-refractivity contribution is 5.91. The van der Waals surface area contributed by atoms with Gasteiger partial charge < -0.3 is 20.8 Å². The van der Waals surface area contributed by atoms with Crippen molar-refractivity contribution in [1.29, 1.82) is 0 Å². The highest BCUT2D eigenvalue weighted by Gasteiger charge is 2.25. The van der Waals surface area contributed by atoms with E-state index in [1.807, 2.05) is 6.92 Å². The lowest BCUT2D eigenvalue weighted by Crippen LogP contribution is -2.52. The first-order valence-corrected chi connectivity index (χ1v) is 7.19. The molecule has 0 spiro atoms. The lowest BCUT2D eigenvalue weighted by molar-refractivity contribution is -0.122. The molecule has 0 fully saturated rings. The molecule has 1 atom stereocenters. The summed E-state index contributed by atoms with van der Waals surface area (Å²) in [5, 5.41) is 5.58. The molecule has 1 aromatic rings. The first-order chi connectivity index (χ1) is 9.86. The molecule has 0 saturated heterocycles. The van der Waals surface area contributed by atoms with Crippen LogP contribution < -0.4 is 16.4 Å². The van der Waals surface area contributed by atoms with Gasteiger partial charge in [0.25, 0.3) is 5.91 Å². The van der Waals surface area contributed by atoms with E-state index in [0.717, 1.165) is 6.42 Å². The molecule has 0 radical (unpaired) electrons. The van der Waals surface area contributed by atoms with Crippen LogP contribution in [0.5, 0.6) is 0 Å². The smallest absolute Gasteiger partial charge is 0.286 e. The Morgan fingerprint density at radius 3 is 2.59 bits per heavy atom. The van der Waals surface area contributed by atoms with Crippen molar-refractivity contribution in [2.24, 2.45) is 11.7 Å². The Balaban J connectivity index is 0.00000441. The molecule has 0 aromatic carbocycles. The van der Waals surface area contributed by atoms with Gasteiger partial charge in [0.15, 0.2) is 5.76 Å². The first-order valence-electron chi connectivity index (χ1n) is 7.19. The van der Waals surface area contributed by atoms with Crippen LogP contribution in [0.25, 0.3) is 0 Å². The van der Waals surface area contributed by atoms with Crippen molar-refractivity contribution in [2.75, 3.05) is 13.1 Å². The highest BCUT2D eigenvalue weighted by atomic mass is 35.5. The van der Waals surface area contributed by atoms with E-state index < -0.39 is 5.54 Å². The molecule has 0 aliphatic heterocycles. The Morgan fingerprint density at radius 1 is 1.41 bits per heavy atom. The van der Waals surface area contributed by atoms with Gasteiger partial charge in [-0.25, -0.2) is 0 Å². The van der Waals surface area contributed by atoms with Crippen LogP contribution in [0, 0.1) is 5.92 Å². The number of rotatable bonds is 8. The minimum Gasteiger partial charge on any atom is -0.459 e. The summed E-state index contributed by atoms with van der Waals surface area (Å²) in [6.07, 6.45) is 2.45. The predicted octanol–water partition coefficient (Wildman–Crippen LogP) is 1.70. The van der Waals surface area contributed by atoms with Crippen LogP contribution in [0.1, 0.15) is 44.2 Å². The minimum atomic E-state index is -0.406. The minimum absolute atomic E-state index is 0. The van der Waals surface area contributed by atoms with E-state index in [0.29, 0.717) is 12.5 Å². The number of nitrogens with one attached hydrogen (secondary N) is 2. The number of amides is 2. The second-order valence-corrected chi connectivity index (χ2v) is 5.89. The molecule has 1 heterocycles. The average molecular weight is 332 g/mol. The van der Waals surface area contributed by atoms with Gasteiger partial charge in [-0.2, -0.15) is 0 Å². The van der Waals surface area contributed by atoms with Crippen LogP contribution in [0.4, 0.5) is 0 Å². The molecule has 6 nitrogen and oxygen atoms in total. The molecule has 22 heavy (non-hydrogen) atoms. The SMILES string of the molecule is CC(C)CC(C)(CN)NC(=O)CCNC(=O)c1ccco1.Cl. The summed E-state index contributed by atoms with van der Waals surface area (Å²) in [5.41, 5.74) is 5.34. The molecule has 1 aromatic heterocycles. The summed E-state index contributed by atoms with van der Waals surface area (Å²) in [6.45, 7) is 6.75. The molecule has 7 heteroatoms. The Hall–Kier alpha value is -1.53. The van der Waals surface area contributed by atoms with Crippen LogP contribution in [0.2, 0.25) is 0 Å². The normalized spacial score (nSPS) is 13.1. The number of nitrogens with two attached hydrogens (primary N) is 1. The third-order valence-corrected chi connectivity index (χ3v) is 3.13. The Kier molecular flexibility index (Phi) is 8.82. The van der Waals surface area contributed by atoms with Gasteiger partial charge in [-0.15, -0.1) is 12.4 Å². The molecule has 1 unspecified atom stereocenters. The van der Waals surface area contributed by atoms with Gasteiger partial charge in [-0.1, -0.05) is 13.8 Å². The maximum absolute atomic E-state index is 11.9. The fourth-order valence-corrected chi connectivity index (χ4v) is 2.27. The summed E-state index contributed by atoms with van der Waals surface area (Å²) >= 11 is 0. The number of furan rings is 1. The summed E-state index contributed by atoms with van der Waals surface area (Å²) in [5.74, 6) is 0.236. The molecular weight excluding hydrogens is 306 g/mol. The molecule has 0 saturated carbocycles. The van der Waals surface area contributed by atoms with Gasteiger partial charge in [0, 0.05) is 25.0 Å². The number of halogens is 1. The van der Waals surface area contributed by atoms with Crippen LogP contribution in [-0.2, 0) is 4.79 Å². The number of carbonyl (C=O) groups is 2. The van der Waals surface area contributed by atoms with Crippen molar-refractivity contribution < 1.29 is 14.0 Å². The van der Waals surface area contributed by atoms with E-state index in [2.05, 4.69) is 24.5 Å². The lowest BCUT2D eigenvalue weighted by Gasteiger charge is -2.31. The predicted molar refractivity (Wildman–Crippen MR) is 88.0 cm³/mol. The van der Waals surface area contributed by atoms with Gasteiger partial charge >= 0.3 is 0 Å². The molecule has 4 N–H and O–H groups in total. The van der Waals surface area contributed by atoms with Crippen molar-refractivity contribution in [3.8, 4) is 0 Å². The van der Waals surface area contributed by atoms with Gasteiger partial charge in [-0.05, 0) is 31.4 Å². The second kappa shape index (κ2) is 9.48. The number of hydrogen-bond acceptors (Lipinski definition) is 4. The first kappa shape index (κ1) is 20.5. The largest absolute Gasteiger partial charge is 0.459 e. The van der Waals surface area contributed by atoms with E-state index in [1.54, 1.807) is 12.1 Å². The Labute approximate surface area is 137 Å². The van der Waals surface area contributed by atoms with Crippen LogP contribution in [-0.4, -0.2) is 30.4 Å². The fraction of sp³-hybridized carbons (Fsp3) is 0.600. The average Bonchev–Trinajstić information content (AvgIpc) is 2.91. The van der Waals surface area contributed by atoms with Gasteiger partial charge in [0.05, 0.1) is 6.26 Å². The maximum atomic E-state index is 11.9. The van der Waals surface area contributed by atoms with E-state index in [9.17, 15) is 9.59 Å². The van der Waals surface area contributed by atoms with Crippen molar-refractivity contribution in [2.45, 2.75) is 39.2 Å². The highest BCUT2D eigenvalue weighted by Crippen LogP contribution is 2.15.